The van der Waals surface area contributed by atoms with Crippen molar-refractivity contribution in [3.8, 4) is 12.3 Å². The fourth-order valence-corrected chi connectivity index (χ4v) is 1.31. The molecule has 1 aromatic rings. The topological polar surface area (TPSA) is 49.7 Å². The van der Waals surface area contributed by atoms with Gasteiger partial charge in [-0.05, 0) is 12.0 Å². The van der Waals surface area contributed by atoms with Crippen LogP contribution in [0.15, 0.2) is 30.3 Å². The van der Waals surface area contributed by atoms with Crippen molar-refractivity contribution in [3.63, 3.8) is 0 Å². The molecule has 0 saturated carbocycles. The molecule has 0 unspecified atom stereocenters. The van der Waals surface area contributed by atoms with E-state index in [1.165, 1.54) is 0 Å². The second-order valence-corrected chi connectivity index (χ2v) is 3.46. The van der Waals surface area contributed by atoms with Gasteiger partial charge in [0, 0.05) is 6.61 Å². The van der Waals surface area contributed by atoms with Gasteiger partial charge in [0.1, 0.15) is 6.10 Å². The smallest absolute Gasteiger partial charge is 0.143 e. The van der Waals surface area contributed by atoms with Crippen molar-refractivity contribution < 1.29 is 14.9 Å². The van der Waals surface area contributed by atoms with Crippen molar-refractivity contribution in [2.24, 2.45) is 0 Å². The quantitative estimate of drug-likeness (QED) is 0.706. The molecular formula is C13H16O3. The first kappa shape index (κ1) is 12.7. The summed E-state index contributed by atoms with van der Waals surface area (Å²) in [7, 11) is 0. The SMILES string of the molecule is C#C[C@@H](OC[C@@H](O)CCO)c1ccccc1. The number of hydrogen-bond acceptors (Lipinski definition) is 3. The summed E-state index contributed by atoms with van der Waals surface area (Å²) >= 11 is 0. The van der Waals surface area contributed by atoms with Gasteiger partial charge in [0.05, 0.1) is 12.7 Å². The van der Waals surface area contributed by atoms with Gasteiger partial charge in [-0.15, -0.1) is 6.42 Å². The molecule has 3 nitrogen and oxygen atoms in total. The summed E-state index contributed by atoms with van der Waals surface area (Å²) in [5.41, 5.74) is 0.890. The fourth-order valence-electron chi connectivity index (χ4n) is 1.31. The van der Waals surface area contributed by atoms with Crippen LogP contribution in [0.3, 0.4) is 0 Å². The molecular weight excluding hydrogens is 204 g/mol. The Morgan fingerprint density at radius 3 is 2.56 bits per heavy atom. The van der Waals surface area contributed by atoms with Crippen LogP contribution in [0.4, 0.5) is 0 Å². The summed E-state index contributed by atoms with van der Waals surface area (Å²) in [6, 6.07) is 9.42. The number of benzene rings is 1. The second kappa shape index (κ2) is 7.02. The Hall–Kier alpha value is -1.34. The molecule has 0 spiro atoms. The van der Waals surface area contributed by atoms with E-state index in [4.69, 9.17) is 16.3 Å². The van der Waals surface area contributed by atoms with Crippen LogP contribution in [0.25, 0.3) is 0 Å². The summed E-state index contributed by atoms with van der Waals surface area (Å²) in [6.45, 7) is 0.0703. The minimum absolute atomic E-state index is 0.0589. The molecule has 0 bridgehead atoms. The van der Waals surface area contributed by atoms with Crippen molar-refractivity contribution in [2.45, 2.75) is 18.6 Å². The number of rotatable bonds is 6. The highest BCUT2D eigenvalue weighted by Crippen LogP contribution is 2.16. The van der Waals surface area contributed by atoms with Gasteiger partial charge in [-0.3, -0.25) is 0 Å². The maximum absolute atomic E-state index is 9.39. The van der Waals surface area contributed by atoms with E-state index in [1.54, 1.807) is 0 Å². The van der Waals surface area contributed by atoms with Crippen LogP contribution >= 0.6 is 0 Å². The van der Waals surface area contributed by atoms with E-state index in [-0.39, 0.29) is 13.2 Å². The first-order valence-electron chi connectivity index (χ1n) is 5.19. The van der Waals surface area contributed by atoms with Crippen LogP contribution in [-0.2, 0) is 4.74 Å². The van der Waals surface area contributed by atoms with Gasteiger partial charge < -0.3 is 14.9 Å². The minimum Gasteiger partial charge on any atom is -0.396 e. The van der Waals surface area contributed by atoms with Crippen molar-refractivity contribution in [1.82, 2.24) is 0 Å². The Morgan fingerprint density at radius 2 is 2.00 bits per heavy atom. The average molecular weight is 220 g/mol. The van der Waals surface area contributed by atoms with Crippen LogP contribution in [0.5, 0.6) is 0 Å². The average Bonchev–Trinajstić information content (AvgIpc) is 2.31. The molecule has 16 heavy (non-hydrogen) atoms. The molecule has 0 radical (unpaired) electrons. The Labute approximate surface area is 95.7 Å². The number of aliphatic hydroxyl groups is 2. The summed E-state index contributed by atoms with van der Waals surface area (Å²) < 4.78 is 5.39. The van der Waals surface area contributed by atoms with E-state index in [1.807, 2.05) is 30.3 Å². The zero-order valence-corrected chi connectivity index (χ0v) is 9.04. The van der Waals surface area contributed by atoms with E-state index in [9.17, 15) is 5.11 Å². The predicted molar refractivity (Wildman–Crippen MR) is 61.7 cm³/mol. The molecule has 86 valence electrons. The highest BCUT2D eigenvalue weighted by molar-refractivity contribution is 5.23. The third-order valence-electron chi connectivity index (χ3n) is 2.17. The van der Waals surface area contributed by atoms with Gasteiger partial charge in [-0.2, -0.15) is 0 Å². The van der Waals surface area contributed by atoms with Gasteiger partial charge in [0.15, 0.2) is 0 Å². The largest absolute Gasteiger partial charge is 0.396 e. The Kier molecular flexibility index (Phi) is 5.58. The molecule has 0 fully saturated rings. The second-order valence-electron chi connectivity index (χ2n) is 3.46. The maximum Gasteiger partial charge on any atom is 0.143 e. The number of ether oxygens (including phenoxy) is 1. The molecule has 0 aliphatic rings. The molecule has 0 saturated heterocycles. The number of hydrogen-bond donors (Lipinski definition) is 2. The lowest BCUT2D eigenvalue weighted by atomic mass is 10.1. The standard InChI is InChI=1S/C13H16O3/c1-2-13(11-6-4-3-5-7-11)16-10-12(15)8-9-14/h1,3-7,12-15H,8-10H2/t12-,13+/m0/s1. The van der Waals surface area contributed by atoms with Crippen LogP contribution in [0.1, 0.15) is 18.1 Å². The molecule has 0 aliphatic heterocycles. The van der Waals surface area contributed by atoms with Gasteiger partial charge in [-0.25, -0.2) is 0 Å². The Balaban J connectivity index is 2.48. The van der Waals surface area contributed by atoms with Gasteiger partial charge in [0.25, 0.3) is 0 Å². The minimum atomic E-state index is -0.676. The van der Waals surface area contributed by atoms with Gasteiger partial charge in [0.2, 0.25) is 0 Å². The monoisotopic (exact) mass is 220 g/mol. The highest BCUT2D eigenvalue weighted by Gasteiger charge is 2.11. The third-order valence-corrected chi connectivity index (χ3v) is 2.17. The van der Waals surface area contributed by atoms with Gasteiger partial charge in [-0.1, -0.05) is 36.3 Å². The molecule has 3 heteroatoms. The summed E-state index contributed by atoms with van der Waals surface area (Å²) in [4.78, 5) is 0. The molecule has 1 aromatic carbocycles. The molecule has 0 aromatic heterocycles. The number of aliphatic hydroxyl groups excluding tert-OH is 2. The predicted octanol–water partition coefficient (Wildman–Crippen LogP) is 1.12. The normalized spacial score (nSPS) is 14.1. The molecule has 2 atom stereocenters. The summed E-state index contributed by atoms with van der Waals surface area (Å²) in [6.07, 6.45) is 4.53. The van der Waals surface area contributed by atoms with Gasteiger partial charge >= 0.3 is 0 Å². The Bertz CT molecular complexity index is 329. The lowest BCUT2D eigenvalue weighted by Gasteiger charge is -2.15. The van der Waals surface area contributed by atoms with Crippen molar-refractivity contribution in [2.75, 3.05) is 13.2 Å². The van der Waals surface area contributed by atoms with Crippen LogP contribution < -0.4 is 0 Å². The summed E-state index contributed by atoms with van der Waals surface area (Å²) in [5.74, 6) is 2.52. The highest BCUT2D eigenvalue weighted by atomic mass is 16.5. The van der Waals surface area contributed by atoms with E-state index in [0.717, 1.165) is 5.56 Å². The first-order chi connectivity index (χ1) is 7.77. The number of terminal acetylenes is 1. The lowest BCUT2D eigenvalue weighted by molar-refractivity contribution is 0.00282. The fraction of sp³-hybridized carbons (Fsp3) is 0.385. The van der Waals surface area contributed by atoms with Crippen molar-refractivity contribution in [1.29, 1.82) is 0 Å². The molecule has 1 rings (SSSR count). The molecule has 0 amide bonds. The van der Waals surface area contributed by atoms with Crippen molar-refractivity contribution in [3.05, 3.63) is 35.9 Å². The van der Waals surface area contributed by atoms with E-state index < -0.39 is 12.2 Å². The summed E-state index contributed by atoms with van der Waals surface area (Å²) in [5, 5.41) is 18.0. The van der Waals surface area contributed by atoms with E-state index >= 15 is 0 Å². The lowest BCUT2D eigenvalue weighted by Crippen LogP contribution is -2.18. The third kappa shape index (κ3) is 4.03. The first-order valence-corrected chi connectivity index (χ1v) is 5.19. The Morgan fingerprint density at radius 1 is 1.31 bits per heavy atom. The maximum atomic E-state index is 9.39. The molecule has 2 N–H and O–H groups in total. The van der Waals surface area contributed by atoms with Crippen LogP contribution in [0, 0.1) is 12.3 Å². The molecule has 0 heterocycles. The van der Waals surface area contributed by atoms with Crippen LogP contribution in [0.2, 0.25) is 0 Å². The van der Waals surface area contributed by atoms with E-state index in [2.05, 4.69) is 5.92 Å². The van der Waals surface area contributed by atoms with Crippen LogP contribution in [-0.4, -0.2) is 29.5 Å². The zero-order valence-electron chi connectivity index (χ0n) is 9.04. The molecule has 0 aliphatic carbocycles. The zero-order chi connectivity index (χ0) is 11.8. The van der Waals surface area contributed by atoms with Crippen molar-refractivity contribution >= 4 is 0 Å². The van der Waals surface area contributed by atoms with E-state index in [0.29, 0.717) is 6.42 Å².